The van der Waals surface area contributed by atoms with Gasteiger partial charge in [0.15, 0.2) is 23.0 Å². The molecule has 7 nitrogen and oxygen atoms in total. The smallest absolute Gasteiger partial charge is 0.178 e. The third kappa shape index (κ3) is 2.35. The molecule has 2 N–H and O–H groups in total. The van der Waals surface area contributed by atoms with Gasteiger partial charge >= 0.3 is 0 Å². The molecule has 0 bridgehead atoms. The molecule has 1 atom stereocenters. The maximum Gasteiger partial charge on any atom is 0.178 e. The Labute approximate surface area is 127 Å². The normalized spacial score (nSPS) is 12.4. The molecule has 0 saturated carbocycles. The van der Waals surface area contributed by atoms with Crippen molar-refractivity contribution in [3.63, 3.8) is 0 Å². The minimum Gasteiger partial charge on any atom is -0.493 e. The molecule has 0 aliphatic carbocycles. The van der Waals surface area contributed by atoms with E-state index in [1.807, 2.05) is 37.3 Å². The molecule has 3 rings (SSSR count). The van der Waals surface area contributed by atoms with Crippen LogP contribution in [0, 0.1) is 0 Å². The van der Waals surface area contributed by atoms with Crippen molar-refractivity contribution in [1.29, 1.82) is 0 Å². The van der Waals surface area contributed by atoms with Gasteiger partial charge in [-0.3, -0.25) is 0 Å². The number of hydrogen-bond donors (Lipinski definition) is 1. The predicted octanol–water partition coefficient (Wildman–Crippen LogP) is 1.83. The predicted molar refractivity (Wildman–Crippen MR) is 81.9 cm³/mol. The zero-order chi connectivity index (χ0) is 15.7. The summed E-state index contributed by atoms with van der Waals surface area (Å²) in [5, 5.41) is 12.7. The largest absolute Gasteiger partial charge is 0.493 e. The summed E-state index contributed by atoms with van der Waals surface area (Å²) in [5.74, 6) is 1.95. The van der Waals surface area contributed by atoms with Gasteiger partial charge in [0, 0.05) is 5.56 Å². The van der Waals surface area contributed by atoms with Crippen LogP contribution in [0.25, 0.3) is 16.9 Å². The van der Waals surface area contributed by atoms with Crippen molar-refractivity contribution in [2.45, 2.75) is 13.0 Å². The summed E-state index contributed by atoms with van der Waals surface area (Å²) in [5.41, 5.74) is 8.24. The molecule has 0 fully saturated rings. The van der Waals surface area contributed by atoms with Crippen molar-refractivity contribution in [2.24, 2.45) is 5.73 Å². The van der Waals surface area contributed by atoms with Crippen LogP contribution in [-0.4, -0.2) is 34.0 Å². The Kier molecular flexibility index (Phi) is 3.64. The van der Waals surface area contributed by atoms with Gasteiger partial charge < -0.3 is 15.2 Å². The molecule has 0 amide bonds. The summed E-state index contributed by atoms with van der Waals surface area (Å²) >= 11 is 0. The maximum absolute atomic E-state index is 5.90. The van der Waals surface area contributed by atoms with E-state index in [0.29, 0.717) is 23.0 Å². The van der Waals surface area contributed by atoms with E-state index in [-0.39, 0.29) is 6.04 Å². The van der Waals surface area contributed by atoms with E-state index in [4.69, 9.17) is 15.2 Å². The highest BCUT2D eigenvalue weighted by molar-refractivity contribution is 5.64. The van der Waals surface area contributed by atoms with Crippen LogP contribution in [0.15, 0.2) is 30.3 Å². The Balaban J connectivity index is 2.11. The second-order valence-electron chi connectivity index (χ2n) is 4.91. The maximum atomic E-state index is 5.90. The van der Waals surface area contributed by atoms with Gasteiger partial charge in [0.2, 0.25) is 0 Å². The fourth-order valence-electron chi connectivity index (χ4n) is 2.24. The lowest BCUT2D eigenvalue weighted by Crippen LogP contribution is -2.11. The Morgan fingerprint density at radius 1 is 1.05 bits per heavy atom. The average Bonchev–Trinajstić information content (AvgIpc) is 2.97. The van der Waals surface area contributed by atoms with Crippen molar-refractivity contribution in [3.05, 3.63) is 36.2 Å². The number of benzene rings is 1. The highest BCUT2D eigenvalue weighted by Gasteiger charge is 2.13. The second-order valence-corrected chi connectivity index (χ2v) is 4.91. The topological polar surface area (TPSA) is 87.6 Å². The first-order valence-electron chi connectivity index (χ1n) is 6.84. The molecule has 1 aromatic carbocycles. The van der Waals surface area contributed by atoms with Gasteiger partial charge in [-0.25, -0.2) is 0 Å². The van der Waals surface area contributed by atoms with Gasteiger partial charge in [-0.2, -0.15) is 9.61 Å². The number of nitrogens with zero attached hydrogens (tertiary/aromatic N) is 4. The molecule has 2 heterocycles. The van der Waals surface area contributed by atoms with Crippen molar-refractivity contribution in [1.82, 2.24) is 19.8 Å². The average molecular weight is 299 g/mol. The lowest BCUT2D eigenvalue weighted by Gasteiger charge is -2.09. The van der Waals surface area contributed by atoms with E-state index in [9.17, 15) is 0 Å². The van der Waals surface area contributed by atoms with Crippen LogP contribution in [0.2, 0.25) is 0 Å². The van der Waals surface area contributed by atoms with Crippen LogP contribution in [0.1, 0.15) is 18.8 Å². The Hall–Kier alpha value is -2.67. The van der Waals surface area contributed by atoms with Gasteiger partial charge in [-0.05, 0) is 37.3 Å². The SMILES string of the molecule is COc1ccc(-c2ccc3nnc([C@@H](C)N)n3n2)cc1OC. The van der Waals surface area contributed by atoms with E-state index in [1.165, 1.54) is 0 Å². The molecule has 0 aliphatic heterocycles. The zero-order valence-corrected chi connectivity index (χ0v) is 12.6. The first kappa shape index (κ1) is 14.3. The second kappa shape index (κ2) is 5.61. The van der Waals surface area contributed by atoms with Crippen molar-refractivity contribution < 1.29 is 9.47 Å². The third-order valence-corrected chi connectivity index (χ3v) is 3.37. The first-order chi connectivity index (χ1) is 10.6. The highest BCUT2D eigenvalue weighted by Crippen LogP contribution is 2.31. The van der Waals surface area contributed by atoms with Crippen LogP contribution in [0.5, 0.6) is 11.5 Å². The van der Waals surface area contributed by atoms with Crippen molar-refractivity contribution in [3.8, 4) is 22.8 Å². The summed E-state index contributed by atoms with van der Waals surface area (Å²) in [6.45, 7) is 1.85. The molecule has 0 unspecified atom stereocenters. The molecule has 0 saturated heterocycles. The van der Waals surface area contributed by atoms with Crippen LogP contribution in [0.4, 0.5) is 0 Å². The fraction of sp³-hybridized carbons (Fsp3) is 0.267. The molecule has 114 valence electrons. The third-order valence-electron chi connectivity index (χ3n) is 3.37. The van der Waals surface area contributed by atoms with Crippen molar-refractivity contribution in [2.75, 3.05) is 14.2 Å². The highest BCUT2D eigenvalue weighted by atomic mass is 16.5. The number of aromatic nitrogens is 4. The number of methoxy groups -OCH3 is 2. The van der Waals surface area contributed by atoms with Crippen molar-refractivity contribution >= 4 is 5.65 Å². The molecular formula is C15H17N5O2. The summed E-state index contributed by atoms with van der Waals surface area (Å²) in [7, 11) is 3.21. The Bertz CT molecular complexity index is 813. The van der Waals surface area contributed by atoms with Crippen LogP contribution in [0.3, 0.4) is 0 Å². The number of nitrogens with two attached hydrogens (primary N) is 1. The van der Waals surface area contributed by atoms with E-state index in [0.717, 1.165) is 11.3 Å². The minimum absolute atomic E-state index is 0.247. The molecule has 2 aromatic heterocycles. The van der Waals surface area contributed by atoms with E-state index >= 15 is 0 Å². The molecule has 3 aromatic rings. The van der Waals surface area contributed by atoms with Gasteiger partial charge in [-0.15, -0.1) is 10.2 Å². The Morgan fingerprint density at radius 3 is 2.50 bits per heavy atom. The molecule has 22 heavy (non-hydrogen) atoms. The van der Waals surface area contributed by atoms with E-state index < -0.39 is 0 Å². The molecule has 0 radical (unpaired) electrons. The van der Waals surface area contributed by atoms with Crippen LogP contribution in [-0.2, 0) is 0 Å². The zero-order valence-electron chi connectivity index (χ0n) is 12.6. The summed E-state index contributed by atoms with van der Waals surface area (Å²) in [6, 6.07) is 9.14. The lowest BCUT2D eigenvalue weighted by molar-refractivity contribution is 0.355. The van der Waals surface area contributed by atoms with Gasteiger partial charge in [-0.1, -0.05) is 0 Å². The molecule has 7 heteroatoms. The van der Waals surface area contributed by atoms with Crippen LogP contribution >= 0.6 is 0 Å². The van der Waals surface area contributed by atoms with Gasteiger partial charge in [0.05, 0.1) is 26.0 Å². The number of fused-ring (bicyclic) bond motifs is 1. The number of hydrogen-bond acceptors (Lipinski definition) is 6. The summed E-state index contributed by atoms with van der Waals surface area (Å²) < 4.78 is 12.2. The van der Waals surface area contributed by atoms with E-state index in [2.05, 4.69) is 15.3 Å². The quantitative estimate of drug-likeness (QED) is 0.790. The number of ether oxygens (including phenoxy) is 2. The first-order valence-corrected chi connectivity index (χ1v) is 6.84. The van der Waals surface area contributed by atoms with Crippen LogP contribution < -0.4 is 15.2 Å². The van der Waals surface area contributed by atoms with Gasteiger partial charge in [0.25, 0.3) is 0 Å². The Morgan fingerprint density at radius 2 is 1.82 bits per heavy atom. The fourth-order valence-corrected chi connectivity index (χ4v) is 2.24. The molecular weight excluding hydrogens is 282 g/mol. The van der Waals surface area contributed by atoms with Gasteiger partial charge in [0.1, 0.15) is 0 Å². The monoisotopic (exact) mass is 299 g/mol. The van der Waals surface area contributed by atoms with E-state index in [1.54, 1.807) is 18.7 Å². The standard InChI is InChI=1S/C15H17N5O2/c1-9(16)15-18-17-14-7-5-11(19-20(14)15)10-4-6-12(21-2)13(8-10)22-3/h4-9H,16H2,1-3H3/t9-/m1/s1. The summed E-state index contributed by atoms with van der Waals surface area (Å²) in [6.07, 6.45) is 0. The summed E-state index contributed by atoms with van der Waals surface area (Å²) in [4.78, 5) is 0. The molecule has 0 spiro atoms. The molecule has 0 aliphatic rings. The lowest BCUT2D eigenvalue weighted by atomic mass is 10.1. The minimum atomic E-state index is -0.247. The number of rotatable bonds is 4.